The summed E-state index contributed by atoms with van der Waals surface area (Å²) in [6.45, 7) is 0.276. The summed E-state index contributed by atoms with van der Waals surface area (Å²) in [5, 5.41) is 0. The van der Waals surface area contributed by atoms with Gasteiger partial charge in [0, 0.05) is 18.2 Å². The largest absolute Gasteiger partial charge is 0.454 e. The van der Waals surface area contributed by atoms with E-state index in [1.807, 2.05) is 24.3 Å². The summed E-state index contributed by atoms with van der Waals surface area (Å²) in [7, 11) is 0. The first kappa shape index (κ1) is 15.4. The van der Waals surface area contributed by atoms with Gasteiger partial charge in [0.05, 0.1) is 17.1 Å². The lowest BCUT2D eigenvalue weighted by Crippen LogP contribution is -1.95. The summed E-state index contributed by atoms with van der Waals surface area (Å²) in [5.41, 5.74) is 8.84. The van der Waals surface area contributed by atoms with Crippen LogP contribution in [0.25, 0.3) is 33.8 Å². The minimum Gasteiger partial charge on any atom is -0.454 e. The first-order valence-electron chi connectivity index (χ1n) is 9.30. The van der Waals surface area contributed by atoms with Crippen LogP contribution in [0.2, 0.25) is 0 Å². The van der Waals surface area contributed by atoms with Gasteiger partial charge < -0.3 is 9.47 Å². The predicted octanol–water partition coefficient (Wildman–Crippen LogP) is 5.11. The van der Waals surface area contributed by atoms with Crippen LogP contribution in [0.3, 0.4) is 0 Å². The van der Waals surface area contributed by atoms with Crippen molar-refractivity contribution in [2.45, 2.75) is 6.42 Å². The smallest absolute Gasteiger partial charge is 0.231 e. The molecule has 4 nitrogen and oxygen atoms in total. The summed E-state index contributed by atoms with van der Waals surface area (Å²) in [6.07, 6.45) is 2.68. The van der Waals surface area contributed by atoms with Crippen molar-refractivity contribution in [3.05, 3.63) is 84.1 Å². The molecule has 28 heavy (non-hydrogen) atoms. The van der Waals surface area contributed by atoms with Crippen molar-refractivity contribution in [2.75, 3.05) is 6.79 Å². The monoisotopic (exact) mass is 364 g/mol. The summed E-state index contributed by atoms with van der Waals surface area (Å²) in [5.74, 6) is 1.58. The van der Waals surface area contributed by atoms with E-state index in [-0.39, 0.29) is 6.79 Å². The van der Waals surface area contributed by atoms with E-state index >= 15 is 0 Å². The molecule has 6 rings (SSSR count). The van der Waals surface area contributed by atoms with Gasteiger partial charge in [0.15, 0.2) is 11.5 Å². The van der Waals surface area contributed by atoms with Crippen LogP contribution in [0.1, 0.15) is 11.1 Å². The molecule has 134 valence electrons. The van der Waals surface area contributed by atoms with E-state index < -0.39 is 0 Å². The van der Waals surface area contributed by atoms with Crippen LogP contribution in [0.5, 0.6) is 11.5 Å². The van der Waals surface area contributed by atoms with E-state index in [1.54, 1.807) is 6.20 Å². The average Bonchev–Trinajstić information content (AvgIpc) is 3.37. The second-order valence-electron chi connectivity index (χ2n) is 7.00. The van der Waals surface area contributed by atoms with Crippen LogP contribution in [-0.2, 0) is 6.42 Å². The Kier molecular flexibility index (Phi) is 3.26. The first-order valence-corrected chi connectivity index (χ1v) is 9.30. The molecule has 1 aliphatic carbocycles. The number of pyridine rings is 2. The molecular formula is C24H16N2O2. The fourth-order valence-electron chi connectivity index (χ4n) is 4.04. The van der Waals surface area contributed by atoms with E-state index in [0.717, 1.165) is 40.6 Å². The van der Waals surface area contributed by atoms with Crippen LogP contribution in [0.15, 0.2) is 72.9 Å². The molecule has 4 heteroatoms. The van der Waals surface area contributed by atoms with Gasteiger partial charge in [-0.25, -0.2) is 4.98 Å². The van der Waals surface area contributed by atoms with Gasteiger partial charge in [0.1, 0.15) is 0 Å². The molecule has 0 unspecified atom stereocenters. The Morgan fingerprint density at radius 3 is 2.57 bits per heavy atom. The van der Waals surface area contributed by atoms with E-state index in [9.17, 15) is 0 Å². The molecule has 0 fully saturated rings. The van der Waals surface area contributed by atoms with E-state index in [1.165, 1.54) is 22.3 Å². The Labute approximate surface area is 162 Å². The van der Waals surface area contributed by atoms with Crippen LogP contribution in [0.4, 0.5) is 0 Å². The summed E-state index contributed by atoms with van der Waals surface area (Å²) in [6, 6.07) is 22.7. The highest BCUT2D eigenvalue weighted by Gasteiger charge is 2.25. The van der Waals surface area contributed by atoms with Crippen molar-refractivity contribution < 1.29 is 9.47 Å². The van der Waals surface area contributed by atoms with Gasteiger partial charge in [0.25, 0.3) is 0 Å². The standard InChI is InChI=1S/C24H16N2O2/c1-2-6-17-15(5-1)11-19-18(16-8-9-22-23(12-16)28-14-27-22)13-21(26-24(17)19)20-7-3-4-10-25-20/h1-10,12-13H,11,14H2. The fourth-order valence-corrected chi connectivity index (χ4v) is 4.04. The molecule has 0 N–H and O–H groups in total. The molecular weight excluding hydrogens is 348 g/mol. The third-order valence-corrected chi connectivity index (χ3v) is 5.37. The third-order valence-electron chi connectivity index (χ3n) is 5.37. The summed E-state index contributed by atoms with van der Waals surface area (Å²) < 4.78 is 11.1. The van der Waals surface area contributed by atoms with Gasteiger partial charge in [-0.1, -0.05) is 36.4 Å². The number of ether oxygens (including phenoxy) is 2. The molecule has 0 bridgehead atoms. The number of benzene rings is 2. The highest BCUT2D eigenvalue weighted by atomic mass is 16.7. The van der Waals surface area contributed by atoms with E-state index in [2.05, 4.69) is 47.4 Å². The maximum Gasteiger partial charge on any atom is 0.231 e. The molecule has 0 saturated carbocycles. The zero-order valence-corrected chi connectivity index (χ0v) is 15.1. The number of hydrogen-bond acceptors (Lipinski definition) is 4. The molecule has 4 aromatic rings. The number of fused-ring (bicyclic) bond motifs is 4. The van der Waals surface area contributed by atoms with Gasteiger partial charge in [-0.05, 0) is 52.6 Å². The molecule has 1 aliphatic heterocycles. The second-order valence-corrected chi connectivity index (χ2v) is 7.00. The molecule has 3 heterocycles. The molecule has 2 aliphatic rings. The zero-order valence-electron chi connectivity index (χ0n) is 15.1. The Morgan fingerprint density at radius 2 is 1.64 bits per heavy atom. The predicted molar refractivity (Wildman–Crippen MR) is 107 cm³/mol. The SMILES string of the molecule is c1ccc(-c2cc(-c3ccc4c(c3)OCO4)c3c(n2)-c2ccccc2C3)nc1. The minimum atomic E-state index is 0.276. The topological polar surface area (TPSA) is 44.2 Å². The van der Waals surface area contributed by atoms with Crippen LogP contribution >= 0.6 is 0 Å². The Balaban J connectivity index is 1.61. The van der Waals surface area contributed by atoms with Gasteiger partial charge >= 0.3 is 0 Å². The molecule has 2 aromatic carbocycles. The van der Waals surface area contributed by atoms with E-state index in [0.29, 0.717) is 0 Å². The first-order chi connectivity index (χ1) is 13.9. The normalized spacial score (nSPS) is 13.3. The Hall–Kier alpha value is -3.66. The van der Waals surface area contributed by atoms with Crippen LogP contribution in [0, 0.1) is 0 Å². The molecule has 0 amide bonds. The number of aromatic nitrogens is 2. The Bertz CT molecular complexity index is 1220. The van der Waals surface area contributed by atoms with Gasteiger partial charge in [-0.15, -0.1) is 0 Å². The van der Waals surface area contributed by atoms with Crippen molar-refractivity contribution in [3.8, 4) is 45.3 Å². The number of hydrogen-bond donors (Lipinski definition) is 0. The van der Waals surface area contributed by atoms with Gasteiger partial charge in [-0.3, -0.25) is 4.98 Å². The quantitative estimate of drug-likeness (QED) is 0.437. The molecule has 0 radical (unpaired) electrons. The minimum absolute atomic E-state index is 0.276. The highest BCUT2D eigenvalue weighted by Crippen LogP contribution is 2.44. The summed E-state index contributed by atoms with van der Waals surface area (Å²) >= 11 is 0. The average molecular weight is 364 g/mol. The van der Waals surface area contributed by atoms with Crippen molar-refractivity contribution in [1.29, 1.82) is 0 Å². The second kappa shape index (κ2) is 5.92. The lowest BCUT2D eigenvalue weighted by Gasteiger charge is -2.12. The molecule has 0 spiro atoms. The van der Waals surface area contributed by atoms with Gasteiger partial charge in [0.2, 0.25) is 6.79 Å². The lowest BCUT2D eigenvalue weighted by atomic mass is 9.96. The summed E-state index contributed by atoms with van der Waals surface area (Å²) in [4.78, 5) is 9.52. The van der Waals surface area contributed by atoms with Crippen LogP contribution in [-0.4, -0.2) is 16.8 Å². The van der Waals surface area contributed by atoms with Crippen molar-refractivity contribution >= 4 is 0 Å². The van der Waals surface area contributed by atoms with Gasteiger partial charge in [-0.2, -0.15) is 0 Å². The van der Waals surface area contributed by atoms with E-state index in [4.69, 9.17) is 14.5 Å². The number of rotatable bonds is 2. The maximum absolute atomic E-state index is 5.61. The lowest BCUT2D eigenvalue weighted by molar-refractivity contribution is 0.174. The van der Waals surface area contributed by atoms with Crippen molar-refractivity contribution in [1.82, 2.24) is 9.97 Å². The molecule has 0 saturated heterocycles. The third kappa shape index (κ3) is 2.31. The zero-order chi connectivity index (χ0) is 18.5. The van der Waals surface area contributed by atoms with Crippen molar-refractivity contribution in [2.24, 2.45) is 0 Å². The Morgan fingerprint density at radius 1 is 0.750 bits per heavy atom. The van der Waals surface area contributed by atoms with Crippen molar-refractivity contribution in [3.63, 3.8) is 0 Å². The fraction of sp³-hybridized carbons (Fsp3) is 0.0833. The number of nitrogens with zero attached hydrogens (tertiary/aromatic N) is 2. The molecule has 2 aromatic heterocycles. The highest BCUT2D eigenvalue weighted by molar-refractivity contribution is 5.85. The van der Waals surface area contributed by atoms with Crippen LogP contribution < -0.4 is 9.47 Å². The maximum atomic E-state index is 5.61. The molecule has 0 atom stereocenters.